The molecule has 0 spiro atoms. The molecule has 2 unspecified atom stereocenters. The second kappa shape index (κ2) is 11.6. The number of carboxylic acids is 1. The number of hydrogen-bond donors (Lipinski definition) is 4. The van der Waals surface area contributed by atoms with Gasteiger partial charge in [-0.2, -0.15) is 9.36 Å². The number of hydrogen-bond acceptors (Lipinski definition) is 12. The molecule has 0 aromatic carbocycles. The van der Waals surface area contributed by atoms with Gasteiger partial charge in [0.2, 0.25) is 17.9 Å². The van der Waals surface area contributed by atoms with Gasteiger partial charge in [0.05, 0.1) is 6.20 Å². The maximum absolute atomic E-state index is 13.2. The number of thioether (sulfide) groups is 1. The largest absolute Gasteiger partial charge is 0.477 e. The van der Waals surface area contributed by atoms with Crippen molar-refractivity contribution in [3.63, 3.8) is 0 Å². The van der Waals surface area contributed by atoms with E-state index in [1.165, 1.54) is 16.7 Å². The van der Waals surface area contributed by atoms with E-state index in [4.69, 9.17) is 16.3 Å². The van der Waals surface area contributed by atoms with E-state index in [-0.39, 0.29) is 35.5 Å². The lowest BCUT2D eigenvalue weighted by atomic mass is 10.0. The van der Waals surface area contributed by atoms with E-state index in [1.54, 1.807) is 13.3 Å². The summed E-state index contributed by atoms with van der Waals surface area (Å²) in [6.07, 6.45) is 4.36. The van der Waals surface area contributed by atoms with E-state index in [2.05, 4.69) is 24.8 Å². The summed E-state index contributed by atoms with van der Waals surface area (Å²) in [6, 6.07) is 2.85. The number of carboxylic acid groups (broad SMARTS) is 1. The highest BCUT2D eigenvalue weighted by Gasteiger charge is 2.54. The molecular formula is C23H27N10O5S2+. The van der Waals surface area contributed by atoms with Gasteiger partial charge in [0, 0.05) is 29.4 Å². The molecule has 3 aromatic rings. The van der Waals surface area contributed by atoms with Crippen molar-refractivity contribution >= 4 is 63.1 Å². The fourth-order valence-electron chi connectivity index (χ4n) is 4.51. The number of carbonyl (C=O) groups excluding carboxylic acids is 2. The van der Waals surface area contributed by atoms with Gasteiger partial charge < -0.3 is 31.3 Å². The van der Waals surface area contributed by atoms with Gasteiger partial charge in [0.1, 0.15) is 35.8 Å². The number of carbonyl (C=O) groups is 3. The first-order valence-corrected chi connectivity index (χ1v) is 14.2. The number of oxime groups is 1. The maximum Gasteiger partial charge on any atom is 0.352 e. The molecule has 0 aliphatic carbocycles. The van der Waals surface area contributed by atoms with Crippen LogP contribution < -0.4 is 21.4 Å². The average Bonchev–Trinajstić information content (AvgIpc) is 3.56. The Morgan fingerprint density at radius 1 is 1.40 bits per heavy atom. The highest BCUT2D eigenvalue weighted by atomic mass is 32.2. The number of anilines is 1. The molecule has 5 rings (SSSR count). The van der Waals surface area contributed by atoms with Crippen LogP contribution in [0.5, 0.6) is 0 Å². The Morgan fingerprint density at radius 2 is 2.23 bits per heavy atom. The standard InChI is InChI=1S/C23H26N10O5S2/c1-2-38-29-14(17-28-23(25)40-30-17)19(34)27-15-20(35)33-16(22(36)37)12(10-39-21(15)33)9-31-7-3-5-13-18(31)26-11-32(13)8-4-6-24/h3,5,7,11,15,21H,2,4,6,8-10,24H2,1H3,(H3-,25,27,28,30,34,36,37)/p+1/b29-14-. The topological polar surface area (TPSA) is 208 Å². The number of aryl methyl sites for hydroxylation is 1. The van der Waals surface area contributed by atoms with Crippen LogP contribution in [0.2, 0.25) is 0 Å². The highest BCUT2D eigenvalue weighted by Crippen LogP contribution is 2.40. The molecule has 2 amide bonds. The molecule has 1 fully saturated rings. The minimum absolute atomic E-state index is 0.0292. The van der Waals surface area contributed by atoms with Crippen molar-refractivity contribution < 1.29 is 28.9 Å². The number of aromatic nitrogens is 5. The highest BCUT2D eigenvalue weighted by molar-refractivity contribution is 8.00. The molecule has 40 heavy (non-hydrogen) atoms. The molecular weight excluding hydrogens is 560 g/mol. The van der Waals surface area contributed by atoms with Crippen molar-refractivity contribution in [3.8, 4) is 0 Å². The number of amides is 2. The summed E-state index contributed by atoms with van der Waals surface area (Å²) in [4.78, 5) is 53.3. The van der Waals surface area contributed by atoms with Crippen LogP contribution in [0.3, 0.4) is 0 Å². The molecule has 210 valence electrons. The molecule has 2 aliphatic heterocycles. The number of rotatable bonds is 11. The summed E-state index contributed by atoms with van der Waals surface area (Å²) in [7, 11) is 0. The smallest absolute Gasteiger partial charge is 0.352 e. The Balaban J connectivity index is 1.36. The van der Waals surface area contributed by atoms with Gasteiger partial charge in [-0.3, -0.25) is 14.5 Å². The van der Waals surface area contributed by atoms with E-state index in [9.17, 15) is 19.5 Å². The van der Waals surface area contributed by atoms with Gasteiger partial charge in [0.25, 0.3) is 11.8 Å². The summed E-state index contributed by atoms with van der Waals surface area (Å²) in [5, 5.41) is 16.0. The Labute approximate surface area is 236 Å². The number of nitrogens with one attached hydrogen (secondary N) is 1. The SMILES string of the molecule is CCO/N=C(\C(=O)NC1C(=O)N2C(C(=O)O)=C(C[n+]3cccc4c3ncn4CCCN)CSC12)c1nsc(N)n1. The van der Waals surface area contributed by atoms with Gasteiger partial charge in [-0.15, -0.1) is 11.8 Å². The van der Waals surface area contributed by atoms with Crippen LogP contribution in [-0.4, -0.2) is 82.7 Å². The van der Waals surface area contributed by atoms with Gasteiger partial charge in [-0.1, -0.05) is 5.16 Å². The molecule has 6 N–H and O–H groups in total. The minimum Gasteiger partial charge on any atom is -0.477 e. The molecule has 0 radical (unpaired) electrons. The third-order valence-corrected chi connectivity index (χ3v) is 8.19. The number of pyridine rings is 1. The van der Waals surface area contributed by atoms with Crippen LogP contribution in [0.1, 0.15) is 19.2 Å². The molecule has 15 nitrogen and oxygen atoms in total. The Bertz CT molecular complexity index is 1530. The van der Waals surface area contributed by atoms with Crippen molar-refractivity contribution in [2.24, 2.45) is 10.9 Å². The first-order valence-electron chi connectivity index (χ1n) is 12.4. The number of imidazole rings is 1. The Hall–Kier alpha value is -4.09. The summed E-state index contributed by atoms with van der Waals surface area (Å²) in [5.74, 6) is -2.19. The van der Waals surface area contributed by atoms with Crippen LogP contribution in [0, 0.1) is 0 Å². The first kappa shape index (κ1) is 27.5. The second-order valence-electron chi connectivity index (χ2n) is 8.86. The second-order valence-corrected chi connectivity index (χ2v) is 10.7. The molecule has 0 saturated carbocycles. The van der Waals surface area contributed by atoms with Gasteiger partial charge in [-0.05, 0) is 37.0 Å². The zero-order chi connectivity index (χ0) is 28.4. The third kappa shape index (κ3) is 5.09. The van der Waals surface area contributed by atoms with Gasteiger partial charge >= 0.3 is 11.6 Å². The van der Waals surface area contributed by atoms with E-state index in [0.29, 0.717) is 23.5 Å². The molecule has 1 saturated heterocycles. The van der Waals surface area contributed by atoms with Crippen LogP contribution in [0.25, 0.3) is 11.2 Å². The lowest BCUT2D eigenvalue weighted by Crippen LogP contribution is -2.71. The number of β-lactam (4-membered cyclic amide) rings is 1. The molecule has 3 aromatic heterocycles. The van der Waals surface area contributed by atoms with Crippen molar-refractivity contribution in [2.75, 3.05) is 24.6 Å². The summed E-state index contributed by atoms with van der Waals surface area (Å²) in [6.45, 7) is 3.39. The van der Waals surface area contributed by atoms with E-state index in [1.807, 2.05) is 27.5 Å². The fraction of sp³-hybridized carbons (Fsp3) is 0.391. The van der Waals surface area contributed by atoms with Crippen LogP contribution in [0.4, 0.5) is 5.13 Å². The summed E-state index contributed by atoms with van der Waals surface area (Å²) < 4.78 is 7.86. The van der Waals surface area contributed by atoms with E-state index < -0.39 is 29.2 Å². The van der Waals surface area contributed by atoms with Crippen LogP contribution >= 0.6 is 23.3 Å². The molecule has 0 bridgehead atoms. The van der Waals surface area contributed by atoms with Crippen LogP contribution in [-0.2, 0) is 32.3 Å². The van der Waals surface area contributed by atoms with Crippen molar-refractivity contribution in [1.82, 2.24) is 29.1 Å². The lowest BCUT2D eigenvalue weighted by molar-refractivity contribution is -0.664. The predicted molar refractivity (Wildman–Crippen MR) is 146 cm³/mol. The lowest BCUT2D eigenvalue weighted by Gasteiger charge is -2.49. The Morgan fingerprint density at radius 3 is 2.92 bits per heavy atom. The molecule has 2 atom stereocenters. The van der Waals surface area contributed by atoms with E-state index >= 15 is 0 Å². The minimum atomic E-state index is -1.22. The number of nitrogens with zero attached hydrogens (tertiary/aromatic N) is 7. The van der Waals surface area contributed by atoms with Crippen molar-refractivity contribution in [2.45, 2.75) is 37.8 Å². The molecule has 17 heteroatoms. The van der Waals surface area contributed by atoms with Gasteiger partial charge in [0.15, 0.2) is 5.13 Å². The monoisotopic (exact) mass is 587 g/mol. The van der Waals surface area contributed by atoms with Gasteiger partial charge in [-0.25, -0.2) is 9.36 Å². The van der Waals surface area contributed by atoms with Crippen LogP contribution in [0.15, 0.2) is 41.1 Å². The molecule has 2 aliphatic rings. The summed E-state index contributed by atoms with van der Waals surface area (Å²) >= 11 is 2.25. The zero-order valence-corrected chi connectivity index (χ0v) is 23.0. The summed E-state index contributed by atoms with van der Waals surface area (Å²) in [5.41, 5.74) is 13.1. The predicted octanol–water partition coefficient (Wildman–Crippen LogP) is -0.714. The normalized spacial score (nSPS) is 19.0. The number of fused-ring (bicyclic) bond motifs is 2. The Kier molecular flexibility index (Phi) is 7.95. The molecule has 5 heterocycles. The quantitative estimate of drug-likeness (QED) is 0.0953. The fourth-order valence-corrected chi connectivity index (χ4v) is 6.28. The maximum atomic E-state index is 13.2. The first-order chi connectivity index (χ1) is 19.3. The number of nitrogens with two attached hydrogens (primary N) is 2. The number of nitrogen functional groups attached to an aromatic ring is 1. The third-order valence-electron chi connectivity index (χ3n) is 6.30. The van der Waals surface area contributed by atoms with E-state index in [0.717, 1.165) is 30.0 Å². The van der Waals surface area contributed by atoms with Crippen molar-refractivity contribution in [3.05, 3.63) is 41.8 Å². The van der Waals surface area contributed by atoms with Crippen molar-refractivity contribution in [1.29, 1.82) is 0 Å². The zero-order valence-electron chi connectivity index (χ0n) is 21.4. The average molecular weight is 588 g/mol. The number of aliphatic carboxylic acids is 1.